The Balaban J connectivity index is 1.50. The normalized spacial score (nSPS) is 16.2. The lowest BCUT2D eigenvalue weighted by molar-refractivity contribution is 0.102. The molecule has 28 heavy (non-hydrogen) atoms. The van der Waals surface area contributed by atoms with E-state index in [4.69, 9.17) is 5.73 Å². The molecular formula is C22H22N4O2. The highest BCUT2D eigenvalue weighted by atomic mass is 16.3. The number of anilines is 3. The number of carbonyl (C=O) groups is 1. The third kappa shape index (κ3) is 3.82. The third-order valence-corrected chi connectivity index (χ3v) is 4.92. The minimum absolute atomic E-state index is 0.224. The Labute approximate surface area is 163 Å². The van der Waals surface area contributed by atoms with E-state index in [0.717, 1.165) is 29.9 Å². The number of hydrogen-bond acceptors (Lipinski definition) is 5. The van der Waals surface area contributed by atoms with Gasteiger partial charge in [-0.25, -0.2) is 0 Å². The zero-order chi connectivity index (χ0) is 19.5. The lowest BCUT2D eigenvalue weighted by Crippen LogP contribution is -2.21. The zero-order valence-electron chi connectivity index (χ0n) is 15.4. The highest BCUT2D eigenvalue weighted by Crippen LogP contribution is 2.27. The molecule has 1 amide bonds. The zero-order valence-corrected chi connectivity index (χ0v) is 15.4. The maximum Gasteiger partial charge on any atom is 0.255 e. The number of nitrogens with two attached hydrogens (primary N) is 1. The van der Waals surface area contributed by atoms with Gasteiger partial charge in [0.1, 0.15) is 0 Å². The van der Waals surface area contributed by atoms with Crippen LogP contribution in [0.15, 0.2) is 66.9 Å². The summed E-state index contributed by atoms with van der Waals surface area (Å²) in [6.45, 7) is 1.45. The molecule has 0 bridgehead atoms. The largest absolute Gasteiger partial charge is 0.397 e. The molecule has 2 heterocycles. The van der Waals surface area contributed by atoms with Crippen LogP contribution in [0.5, 0.6) is 0 Å². The molecule has 1 aliphatic rings. The van der Waals surface area contributed by atoms with Crippen LogP contribution >= 0.6 is 0 Å². The summed E-state index contributed by atoms with van der Waals surface area (Å²) in [6, 6.07) is 18.5. The van der Waals surface area contributed by atoms with Crippen molar-refractivity contribution < 1.29 is 9.90 Å². The van der Waals surface area contributed by atoms with E-state index in [-0.39, 0.29) is 12.0 Å². The van der Waals surface area contributed by atoms with Gasteiger partial charge in [-0.15, -0.1) is 0 Å². The molecule has 0 aliphatic carbocycles. The SMILES string of the molecule is Nc1ccc(-c2ccccn2)cc1NC(=O)c1ccc(N2CCC(O)C2)cc1. The van der Waals surface area contributed by atoms with Crippen molar-refractivity contribution in [3.8, 4) is 11.3 Å². The lowest BCUT2D eigenvalue weighted by atomic mass is 10.1. The molecule has 1 atom stereocenters. The predicted octanol–water partition coefficient (Wildman–Crippen LogP) is 3.15. The monoisotopic (exact) mass is 374 g/mol. The number of nitrogen functional groups attached to an aromatic ring is 1. The fourth-order valence-corrected chi connectivity index (χ4v) is 3.35. The summed E-state index contributed by atoms with van der Waals surface area (Å²) in [4.78, 5) is 19.1. The molecule has 6 heteroatoms. The van der Waals surface area contributed by atoms with E-state index >= 15 is 0 Å². The average molecular weight is 374 g/mol. The Morgan fingerprint density at radius 1 is 1.14 bits per heavy atom. The molecule has 1 unspecified atom stereocenters. The highest BCUT2D eigenvalue weighted by molar-refractivity contribution is 6.06. The summed E-state index contributed by atoms with van der Waals surface area (Å²) in [5.74, 6) is -0.224. The average Bonchev–Trinajstić information content (AvgIpc) is 3.17. The highest BCUT2D eigenvalue weighted by Gasteiger charge is 2.20. The smallest absolute Gasteiger partial charge is 0.255 e. The second-order valence-electron chi connectivity index (χ2n) is 6.91. The van der Waals surface area contributed by atoms with E-state index < -0.39 is 0 Å². The number of β-amino-alcohol motifs (C(OH)–C–C–N with tert-alkyl or cyclic N) is 1. The second kappa shape index (κ2) is 7.70. The number of benzene rings is 2. The number of amides is 1. The van der Waals surface area contributed by atoms with Gasteiger partial charge in [0.2, 0.25) is 0 Å². The van der Waals surface area contributed by atoms with Crippen molar-refractivity contribution in [1.29, 1.82) is 0 Å². The predicted molar refractivity (Wildman–Crippen MR) is 111 cm³/mol. The first-order valence-corrected chi connectivity index (χ1v) is 9.25. The van der Waals surface area contributed by atoms with Gasteiger partial charge in [0.25, 0.3) is 5.91 Å². The Morgan fingerprint density at radius 3 is 2.64 bits per heavy atom. The fourth-order valence-electron chi connectivity index (χ4n) is 3.35. The molecule has 3 aromatic rings. The van der Waals surface area contributed by atoms with Gasteiger partial charge in [-0.2, -0.15) is 0 Å². The van der Waals surface area contributed by atoms with E-state index in [0.29, 0.717) is 23.5 Å². The van der Waals surface area contributed by atoms with Crippen LogP contribution in [0.1, 0.15) is 16.8 Å². The molecular weight excluding hydrogens is 352 g/mol. The number of aromatic nitrogens is 1. The molecule has 0 spiro atoms. The summed E-state index contributed by atoms with van der Waals surface area (Å²) >= 11 is 0. The van der Waals surface area contributed by atoms with Crippen LogP contribution in [0.2, 0.25) is 0 Å². The van der Waals surface area contributed by atoms with Crippen molar-refractivity contribution in [3.05, 3.63) is 72.4 Å². The fraction of sp³-hybridized carbons (Fsp3) is 0.182. The number of nitrogens with zero attached hydrogens (tertiary/aromatic N) is 2. The van der Waals surface area contributed by atoms with E-state index in [9.17, 15) is 9.90 Å². The maximum atomic E-state index is 12.7. The van der Waals surface area contributed by atoms with Gasteiger partial charge in [0.05, 0.1) is 23.2 Å². The number of rotatable bonds is 4. The summed E-state index contributed by atoms with van der Waals surface area (Å²) < 4.78 is 0. The Hall–Kier alpha value is -3.38. The van der Waals surface area contributed by atoms with Crippen LogP contribution < -0.4 is 16.0 Å². The van der Waals surface area contributed by atoms with Crippen molar-refractivity contribution >= 4 is 23.0 Å². The number of aliphatic hydroxyl groups is 1. The van der Waals surface area contributed by atoms with Crippen molar-refractivity contribution in [2.45, 2.75) is 12.5 Å². The van der Waals surface area contributed by atoms with Gasteiger partial charge in [0, 0.05) is 36.1 Å². The van der Waals surface area contributed by atoms with Crippen LogP contribution in [0, 0.1) is 0 Å². The minimum Gasteiger partial charge on any atom is -0.397 e. The molecule has 2 aromatic carbocycles. The van der Waals surface area contributed by atoms with E-state index in [1.807, 2.05) is 42.5 Å². The molecule has 1 saturated heterocycles. The molecule has 1 aromatic heterocycles. The number of carbonyl (C=O) groups excluding carboxylic acids is 1. The first-order chi connectivity index (χ1) is 13.6. The molecule has 1 aliphatic heterocycles. The molecule has 1 fully saturated rings. The summed E-state index contributed by atoms with van der Waals surface area (Å²) in [7, 11) is 0. The van der Waals surface area contributed by atoms with Crippen molar-refractivity contribution in [1.82, 2.24) is 4.98 Å². The van der Waals surface area contributed by atoms with Gasteiger partial charge < -0.3 is 21.1 Å². The van der Waals surface area contributed by atoms with Gasteiger partial charge in [-0.1, -0.05) is 12.1 Å². The van der Waals surface area contributed by atoms with Gasteiger partial charge in [-0.3, -0.25) is 9.78 Å². The van der Waals surface area contributed by atoms with Crippen molar-refractivity contribution in [3.63, 3.8) is 0 Å². The van der Waals surface area contributed by atoms with Gasteiger partial charge >= 0.3 is 0 Å². The van der Waals surface area contributed by atoms with Crippen LogP contribution in [0.3, 0.4) is 0 Å². The first-order valence-electron chi connectivity index (χ1n) is 9.25. The number of nitrogens with one attached hydrogen (secondary N) is 1. The molecule has 6 nitrogen and oxygen atoms in total. The summed E-state index contributed by atoms with van der Waals surface area (Å²) in [5.41, 5.74) is 10.3. The first kappa shape index (κ1) is 18.0. The van der Waals surface area contributed by atoms with Crippen LogP contribution in [0.25, 0.3) is 11.3 Å². The molecule has 4 N–H and O–H groups in total. The number of pyridine rings is 1. The van der Waals surface area contributed by atoms with Gasteiger partial charge in [0.15, 0.2) is 0 Å². The molecule has 142 valence electrons. The molecule has 0 saturated carbocycles. The van der Waals surface area contributed by atoms with Gasteiger partial charge in [-0.05, 0) is 55.0 Å². The third-order valence-electron chi connectivity index (χ3n) is 4.92. The number of hydrogen-bond donors (Lipinski definition) is 3. The van der Waals surface area contributed by atoms with Crippen molar-refractivity contribution in [2.75, 3.05) is 29.0 Å². The van der Waals surface area contributed by atoms with E-state index in [1.54, 1.807) is 24.4 Å². The minimum atomic E-state index is -0.280. The van der Waals surface area contributed by atoms with Crippen LogP contribution in [-0.4, -0.2) is 35.2 Å². The summed E-state index contributed by atoms with van der Waals surface area (Å²) in [6.07, 6.45) is 2.22. The Morgan fingerprint density at radius 2 is 1.96 bits per heavy atom. The van der Waals surface area contributed by atoms with Crippen LogP contribution in [0.4, 0.5) is 17.1 Å². The second-order valence-corrected chi connectivity index (χ2v) is 6.91. The topological polar surface area (TPSA) is 91.5 Å². The standard InChI is InChI=1S/C22H22N4O2/c23-19-9-6-16(20-3-1-2-11-24-20)13-21(19)25-22(28)15-4-7-17(8-5-15)26-12-10-18(27)14-26/h1-9,11,13,18,27H,10,12,14,23H2,(H,25,28). The maximum absolute atomic E-state index is 12.7. The number of aliphatic hydroxyl groups excluding tert-OH is 1. The molecule has 0 radical (unpaired) electrons. The Kier molecular flexibility index (Phi) is 4.95. The lowest BCUT2D eigenvalue weighted by Gasteiger charge is -2.18. The van der Waals surface area contributed by atoms with E-state index in [1.165, 1.54) is 0 Å². The van der Waals surface area contributed by atoms with Crippen molar-refractivity contribution in [2.24, 2.45) is 0 Å². The van der Waals surface area contributed by atoms with Crippen LogP contribution in [-0.2, 0) is 0 Å². The summed E-state index contributed by atoms with van der Waals surface area (Å²) in [5, 5.41) is 12.6. The molecule has 4 rings (SSSR count). The quantitative estimate of drug-likeness (QED) is 0.610. The Bertz CT molecular complexity index is 974. The van der Waals surface area contributed by atoms with E-state index in [2.05, 4.69) is 15.2 Å².